The minimum atomic E-state index is -4.28. The number of alkyl halides is 4. The van der Waals surface area contributed by atoms with E-state index in [0.717, 1.165) is 4.68 Å². The molecule has 1 rings (SSSR count). The molecule has 1 aromatic rings. The highest BCUT2D eigenvalue weighted by molar-refractivity contribution is 5.98. The molecule has 3 N–H and O–H groups in total. The zero-order valence-corrected chi connectivity index (χ0v) is 10.4. The number of carbonyl (C=O) groups excluding carboxylic acids is 1. The molecule has 0 fully saturated rings. The molecule has 0 radical (unpaired) electrons. The number of aryl methyl sites for hydroxylation is 2. The lowest BCUT2D eigenvalue weighted by atomic mass is 10.2. The lowest BCUT2D eigenvalue weighted by Crippen LogP contribution is -2.42. The smallest absolute Gasteiger partial charge is 0.324 e. The number of hydrogen-bond acceptors (Lipinski definition) is 3. The van der Waals surface area contributed by atoms with Crippen molar-refractivity contribution in [2.24, 2.45) is 7.05 Å². The summed E-state index contributed by atoms with van der Waals surface area (Å²) in [7, 11) is 1.41. The molecule has 0 atom stereocenters. The average molecular weight is 282 g/mol. The molecule has 19 heavy (non-hydrogen) atoms. The van der Waals surface area contributed by atoms with Gasteiger partial charge in [-0.2, -0.15) is 13.9 Å². The van der Waals surface area contributed by atoms with E-state index in [-0.39, 0.29) is 11.4 Å². The summed E-state index contributed by atoms with van der Waals surface area (Å²) < 4.78 is 50.4. The van der Waals surface area contributed by atoms with Gasteiger partial charge in [0.25, 0.3) is 5.91 Å². The minimum absolute atomic E-state index is 0.0582. The molecule has 1 aromatic heterocycles. The summed E-state index contributed by atoms with van der Waals surface area (Å²) >= 11 is 0. The summed E-state index contributed by atoms with van der Waals surface area (Å²) in [4.78, 5) is 11.7. The molecule has 5 nitrogen and oxygen atoms in total. The van der Waals surface area contributed by atoms with Crippen LogP contribution in [0.5, 0.6) is 0 Å². The van der Waals surface area contributed by atoms with Crippen molar-refractivity contribution in [3.63, 3.8) is 0 Å². The van der Waals surface area contributed by atoms with Gasteiger partial charge in [-0.3, -0.25) is 9.48 Å². The summed E-state index contributed by atoms with van der Waals surface area (Å²) in [6.45, 7) is 0.293. The van der Waals surface area contributed by atoms with Gasteiger partial charge in [0.05, 0.1) is 17.9 Å². The van der Waals surface area contributed by atoms with Gasteiger partial charge in [0.15, 0.2) is 0 Å². The Morgan fingerprint density at radius 3 is 2.53 bits per heavy atom. The predicted octanol–water partition coefficient (Wildman–Crippen LogP) is 1.19. The molecule has 1 amide bonds. The lowest BCUT2D eigenvalue weighted by molar-refractivity contribution is -0.123. The van der Waals surface area contributed by atoms with Crippen molar-refractivity contribution < 1.29 is 22.4 Å². The molecular weight excluding hydrogens is 268 g/mol. The van der Waals surface area contributed by atoms with Crippen LogP contribution in [0.2, 0.25) is 0 Å². The molecular formula is C10H14F4N4O. The van der Waals surface area contributed by atoms with Crippen molar-refractivity contribution >= 4 is 11.6 Å². The number of nitrogens with two attached hydrogens (primary N) is 1. The number of nitrogens with one attached hydrogen (secondary N) is 1. The molecule has 1 heterocycles. The zero-order valence-electron chi connectivity index (χ0n) is 10.4. The first kappa shape index (κ1) is 15.3. The van der Waals surface area contributed by atoms with E-state index in [9.17, 15) is 22.4 Å². The molecule has 0 spiro atoms. The van der Waals surface area contributed by atoms with E-state index in [2.05, 4.69) is 5.10 Å². The fourth-order valence-electron chi connectivity index (χ4n) is 1.49. The standard InChI is InChI=1S/C10H14F4N4O/c1-3-5-6(15)7(18(2)17-5)8(19)16-4-10(13,14)9(11)12/h9H,3-4,15H2,1-2H3,(H,16,19). The molecule has 0 saturated heterocycles. The van der Waals surface area contributed by atoms with Gasteiger partial charge < -0.3 is 11.1 Å². The van der Waals surface area contributed by atoms with E-state index in [1.54, 1.807) is 12.2 Å². The first-order valence-electron chi connectivity index (χ1n) is 5.46. The number of halogens is 4. The number of nitrogen functional groups attached to an aromatic ring is 1. The summed E-state index contributed by atoms with van der Waals surface area (Å²) in [5, 5.41) is 5.65. The minimum Gasteiger partial charge on any atom is -0.395 e. The maximum atomic E-state index is 12.7. The molecule has 0 aliphatic rings. The monoisotopic (exact) mass is 282 g/mol. The Hall–Kier alpha value is -1.80. The van der Waals surface area contributed by atoms with E-state index in [1.807, 2.05) is 0 Å². The third kappa shape index (κ3) is 3.15. The van der Waals surface area contributed by atoms with Crippen molar-refractivity contribution in [2.45, 2.75) is 25.7 Å². The van der Waals surface area contributed by atoms with E-state index < -0.39 is 24.8 Å². The second-order valence-corrected chi connectivity index (χ2v) is 3.93. The fraction of sp³-hybridized carbons (Fsp3) is 0.600. The van der Waals surface area contributed by atoms with Crippen molar-refractivity contribution in [1.29, 1.82) is 0 Å². The number of amides is 1. The molecule has 0 aromatic carbocycles. The molecule has 0 bridgehead atoms. The topological polar surface area (TPSA) is 72.9 Å². The average Bonchev–Trinajstić information content (AvgIpc) is 2.61. The van der Waals surface area contributed by atoms with E-state index in [1.165, 1.54) is 7.05 Å². The van der Waals surface area contributed by atoms with Gasteiger partial charge in [-0.1, -0.05) is 6.92 Å². The number of anilines is 1. The zero-order chi connectivity index (χ0) is 14.8. The molecule has 0 saturated carbocycles. The number of carbonyl (C=O) groups is 1. The van der Waals surface area contributed by atoms with Crippen LogP contribution in [0.1, 0.15) is 23.1 Å². The van der Waals surface area contributed by atoms with Crippen molar-refractivity contribution in [2.75, 3.05) is 12.3 Å². The van der Waals surface area contributed by atoms with E-state index in [0.29, 0.717) is 12.1 Å². The highest BCUT2D eigenvalue weighted by Gasteiger charge is 2.41. The van der Waals surface area contributed by atoms with Crippen LogP contribution in [0.4, 0.5) is 23.2 Å². The Labute approximate surface area is 106 Å². The van der Waals surface area contributed by atoms with Gasteiger partial charge in [0, 0.05) is 7.05 Å². The van der Waals surface area contributed by atoms with Crippen LogP contribution in [0.15, 0.2) is 0 Å². The second kappa shape index (κ2) is 5.45. The van der Waals surface area contributed by atoms with Gasteiger partial charge in [-0.25, -0.2) is 8.78 Å². The lowest BCUT2D eigenvalue weighted by Gasteiger charge is -2.15. The number of rotatable bonds is 5. The molecule has 0 unspecified atom stereocenters. The maximum absolute atomic E-state index is 12.7. The first-order chi connectivity index (χ1) is 8.70. The Bertz CT molecular complexity index is 472. The van der Waals surface area contributed by atoms with Crippen LogP contribution in [-0.2, 0) is 13.5 Å². The SMILES string of the molecule is CCc1nn(C)c(C(=O)NCC(F)(F)C(F)F)c1N. The van der Waals surface area contributed by atoms with Crippen molar-refractivity contribution in [1.82, 2.24) is 15.1 Å². The molecule has 9 heteroatoms. The van der Waals surface area contributed by atoms with Gasteiger partial charge in [0.1, 0.15) is 5.69 Å². The van der Waals surface area contributed by atoms with Crippen LogP contribution in [0, 0.1) is 0 Å². The van der Waals surface area contributed by atoms with Crippen LogP contribution >= 0.6 is 0 Å². The van der Waals surface area contributed by atoms with E-state index >= 15 is 0 Å². The van der Waals surface area contributed by atoms with Crippen LogP contribution < -0.4 is 11.1 Å². The molecule has 108 valence electrons. The first-order valence-corrected chi connectivity index (χ1v) is 5.46. The Morgan fingerprint density at radius 1 is 1.53 bits per heavy atom. The quantitative estimate of drug-likeness (QED) is 0.797. The maximum Gasteiger partial charge on any atom is 0.324 e. The summed E-state index contributed by atoms with van der Waals surface area (Å²) in [5.41, 5.74) is 6.01. The Kier molecular flexibility index (Phi) is 4.38. The number of hydrogen-bond donors (Lipinski definition) is 2. The largest absolute Gasteiger partial charge is 0.395 e. The van der Waals surface area contributed by atoms with E-state index in [4.69, 9.17) is 5.73 Å². The summed E-state index contributed by atoms with van der Waals surface area (Å²) in [5.74, 6) is -5.25. The van der Waals surface area contributed by atoms with Gasteiger partial charge in [0.2, 0.25) is 0 Å². The third-order valence-corrected chi connectivity index (χ3v) is 2.51. The Morgan fingerprint density at radius 2 is 2.11 bits per heavy atom. The number of nitrogens with zero attached hydrogens (tertiary/aromatic N) is 2. The predicted molar refractivity (Wildman–Crippen MR) is 60.3 cm³/mol. The normalized spacial score (nSPS) is 11.9. The highest BCUT2D eigenvalue weighted by Crippen LogP contribution is 2.22. The van der Waals surface area contributed by atoms with Gasteiger partial charge in [-0.15, -0.1) is 0 Å². The number of aromatic nitrogens is 2. The van der Waals surface area contributed by atoms with Crippen LogP contribution in [0.25, 0.3) is 0 Å². The van der Waals surface area contributed by atoms with Crippen molar-refractivity contribution in [3.05, 3.63) is 11.4 Å². The van der Waals surface area contributed by atoms with Gasteiger partial charge in [-0.05, 0) is 6.42 Å². The Balaban J connectivity index is 2.83. The second-order valence-electron chi connectivity index (χ2n) is 3.93. The fourth-order valence-corrected chi connectivity index (χ4v) is 1.49. The van der Waals surface area contributed by atoms with Crippen molar-refractivity contribution in [3.8, 4) is 0 Å². The third-order valence-electron chi connectivity index (χ3n) is 2.51. The van der Waals surface area contributed by atoms with Gasteiger partial charge >= 0.3 is 12.3 Å². The molecule has 0 aliphatic carbocycles. The summed E-state index contributed by atoms with van der Waals surface area (Å²) in [6, 6.07) is 0. The van der Waals surface area contributed by atoms with Crippen LogP contribution in [-0.4, -0.2) is 34.6 Å². The summed E-state index contributed by atoms with van der Waals surface area (Å²) in [6.07, 6.45) is -3.39. The highest BCUT2D eigenvalue weighted by atomic mass is 19.3. The molecule has 0 aliphatic heterocycles. The van der Waals surface area contributed by atoms with Crippen LogP contribution in [0.3, 0.4) is 0 Å².